The Morgan fingerprint density at radius 3 is 2.37 bits per heavy atom. The van der Waals surface area contributed by atoms with Crippen LogP contribution in [0, 0.1) is 17.0 Å². The van der Waals surface area contributed by atoms with Crippen LogP contribution in [-0.4, -0.2) is 52.8 Å². The zero-order valence-electron chi connectivity index (χ0n) is 21.7. The molecular formula is C29H33N3O6. The lowest BCUT2D eigenvalue weighted by atomic mass is 10.2. The van der Waals surface area contributed by atoms with Gasteiger partial charge in [-0.2, -0.15) is 0 Å². The van der Waals surface area contributed by atoms with E-state index in [9.17, 15) is 19.7 Å². The second-order valence-electron chi connectivity index (χ2n) is 8.74. The molecule has 38 heavy (non-hydrogen) atoms. The van der Waals surface area contributed by atoms with E-state index in [1.807, 2.05) is 56.3 Å². The van der Waals surface area contributed by atoms with E-state index in [0.717, 1.165) is 11.3 Å². The number of rotatable bonds is 14. The van der Waals surface area contributed by atoms with Crippen LogP contribution in [0.2, 0.25) is 0 Å². The van der Waals surface area contributed by atoms with Crippen molar-refractivity contribution >= 4 is 23.6 Å². The number of ether oxygens (including phenoxy) is 1. The molecule has 9 heteroatoms. The molecule has 0 aliphatic carbocycles. The average molecular weight is 520 g/mol. The summed E-state index contributed by atoms with van der Waals surface area (Å²) >= 11 is 0. The Hall–Kier alpha value is -4.24. The van der Waals surface area contributed by atoms with Gasteiger partial charge in [0.25, 0.3) is 5.69 Å². The highest BCUT2D eigenvalue weighted by molar-refractivity contribution is 5.94. The maximum Gasteiger partial charge on any atom is 0.269 e. The third-order valence-electron chi connectivity index (χ3n) is 5.79. The van der Waals surface area contributed by atoms with Crippen molar-refractivity contribution in [3.05, 3.63) is 106 Å². The highest BCUT2D eigenvalue weighted by Gasteiger charge is 2.21. The zero-order valence-corrected chi connectivity index (χ0v) is 21.7. The van der Waals surface area contributed by atoms with Gasteiger partial charge in [0.2, 0.25) is 11.8 Å². The topological polar surface area (TPSA) is 106 Å². The fraction of sp³-hybridized carbons (Fsp3) is 0.310. The van der Waals surface area contributed by atoms with Crippen molar-refractivity contribution in [1.29, 1.82) is 0 Å². The number of furan rings is 1. The summed E-state index contributed by atoms with van der Waals surface area (Å²) in [6.45, 7) is 5.68. The van der Waals surface area contributed by atoms with Crippen LogP contribution in [-0.2, 0) is 27.4 Å². The highest BCUT2D eigenvalue weighted by Crippen LogP contribution is 2.15. The number of hydrogen-bond donors (Lipinski definition) is 0. The first-order valence-electron chi connectivity index (χ1n) is 12.5. The Balaban J connectivity index is 1.75. The first-order valence-corrected chi connectivity index (χ1v) is 12.5. The fourth-order valence-corrected chi connectivity index (χ4v) is 3.81. The number of benzene rings is 2. The normalized spacial score (nSPS) is 11.0. The molecule has 2 aromatic carbocycles. The summed E-state index contributed by atoms with van der Waals surface area (Å²) in [5.74, 6) is 0.883. The average Bonchev–Trinajstić information content (AvgIpc) is 3.33. The van der Waals surface area contributed by atoms with Gasteiger partial charge in [0.05, 0.1) is 11.5 Å². The number of non-ortho nitro benzene ring substituents is 1. The minimum absolute atomic E-state index is 0.0260. The number of nitrogens with zero attached hydrogens (tertiary/aromatic N) is 3. The van der Waals surface area contributed by atoms with Crippen LogP contribution >= 0.6 is 0 Å². The third kappa shape index (κ3) is 9.01. The van der Waals surface area contributed by atoms with Crippen LogP contribution in [0.1, 0.15) is 36.0 Å². The molecule has 0 aliphatic rings. The van der Waals surface area contributed by atoms with E-state index in [2.05, 4.69) is 0 Å². The predicted molar refractivity (Wildman–Crippen MR) is 144 cm³/mol. The van der Waals surface area contributed by atoms with Crippen LogP contribution in [0.3, 0.4) is 0 Å². The molecule has 9 nitrogen and oxygen atoms in total. The standard InChI is InChI=1S/C29H33N3O6/c1-3-37-19-7-18-30(28(33)17-13-24-11-14-26(15-12-24)32(35)36)22-29(34)31(20-25-8-5-4-6-9-25)21-27-16-10-23(2)38-27/h4-6,8-17H,3,7,18-22H2,1-2H3. The molecule has 0 saturated heterocycles. The highest BCUT2D eigenvalue weighted by atomic mass is 16.6. The van der Waals surface area contributed by atoms with Crippen molar-refractivity contribution in [2.24, 2.45) is 0 Å². The van der Waals surface area contributed by atoms with Gasteiger partial charge in [-0.1, -0.05) is 30.3 Å². The maximum atomic E-state index is 13.5. The summed E-state index contributed by atoms with van der Waals surface area (Å²) in [5.41, 5.74) is 1.58. The van der Waals surface area contributed by atoms with Gasteiger partial charge < -0.3 is 19.0 Å². The second kappa shape index (κ2) is 14.5. The number of aryl methyl sites for hydroxylation is 1. The monoisotopic (exact) mass is 519 g/mol. The lowest BCUT2D eigenvalue weighted by molar-refractivity contribution is -0.384. The molecule has 3 aromatic rings. The molecule has 0 radical (unpaired) electrons. The molecule has 0 spiro atoms. The van der Waals surface area contributed by atoms with Gasteiger partial charge in [-0.3, -0.25) is 19.7 Å². The number of hydrogen-bond acceptors (Lipinski definition) is 6. The number of nitro benzene ring substituents is 1. The minimum Gasteiger partial charge on any atom is -0.464 e. The molecule has 2 amide bonds. The SMILES string of the molecule is CCOCCCN(CC(=O)N(Cc1ccccc1)Cc1ccc(C)o1)C(=O)C=Cc1ccc([N+](=O)[O-])cc1. The van der Waals surface area contributed by atoms with E-state index in [0.29, 0.717) is 44.0 Å². The van der Waals surface area contributed by atoms with E-state index in [-0.39, 0.29) is 30.6 Å². The molecule has 0 atom stereocenters. The Bertz CT molecular complexity index is 1220. The lowest BCUT2D eigenvalue weighted by Crippen LogP contribution is -2.42. The van der Waals surface area contributed by atoms with Gasteiger partial charge in [-0.05, 0) is 61.7 Å². The Morgan fingerprint density at radius 1 is 1.00 bits per heavy atom. The van der Waals surface area contributed by atoms with E-state index in [4.69, 9.17) is 9.15 Å². The van der Waals surface area contributed by atoms with Gasteiger partial charge in [0, 0.05) is 44.5 Å². The van der Waals surface area contributed by atoms with Gasteiger partial charge >= 0.3 is 0 Å². The molecule has 0 unspecified atom stereocenters. The number of nitro groups is 1. The van der Waals surface area contributed by atoms with Gasteiger partial charge in [0.1, 0.15) is 18.1 Å². The molecule has 0 fully saturated rings. The maximum absolute atomic E-state index is 13.5. The predicted octanol–water partition coefficient (Wildman–Crippen LogP) is 4.99. The molecule has 3 rings (SSSR count). The van der Waals surface area contributed by atoms with E-state index in [1.54, 1.807) is 23.1 Å². The van der Waals surface area contributed by atoms with Gasteiger partial charge in [-0.15, -0.1) is 0 Å². The van der Waals surface area contributed by atoms with Crippen molar-refractivity contribution < 1.29 is 23.7 Å². The van der Waals surface area contributed by atoms with Crippen LogP contribution < -0.4 is 0 Å². The van der Waals surface area contributed by atoms with Crippen molar-refractivity contribution in [1.82, 2.24) is 9.80 Å². The Morgan fingerprint density at radius 2 is 1.74 bits per heavy atom. The molecule has 1 heterocycles. The molecular weight excluding hydrogens is 486 g/mol. The smallest absolute Gasteiger partial charge is 0.269 e. The van der Waals surface area contributed by atoms with Crippen LogP contribution in [0.15, 0.2) is 77.2 Å². The molecule has 0 bridgehead atoms. The molecule has 0 N–H and O–H groups in total. The lowest BCUT2D eigenvalue weighted by Gasteiger charge is -2.27. The first kappa shape index (κ1) is 28.3. The summed E-state index contributed by atoms with van der Waals surface area (Å²) in [6.07, 6.45) is 3.54. The quantitative estimate of drug-likeness (QED) is 0.129. The van der Waals surface area contributed by atoms with Crippen LogP contribution in [0.5, 0.6) is 0 Å². The molecule has 200 valence electrons. The van der Waals surface area contributed by atoms with E-state index in [1.165, 1.54) is 23.1 Å². The van der Waals surface area contributed by atoms with Crippen molar-refractivity contribution in [3.8, 4) is 0 Å². The summed E-state index contributed by atoms with van der Waals surface area (Å²) < 4.78 is 11.1. The summed E-state index contributed by atoms with van der Waals surface area (Å²) in [6, 6.07) is 19.3. The van der Waals surface area contributed by atoms with Crippen LogP contribution in [0.25, 0.3) is 6.08 Å². The summed E-state index contributed by atoms with van der Waals surface area (Å²) in [4.78, 5) is 40.2. The molecule has 0 saturated carbocycles. The summed E-state index contributed by atoms with van der Waals surface area (Å²) in [5, 5.41) is 10.9. The van der Waals surface area contributed by atoms with E-state index >= 15 is 0 Å². The van der Waals surface area contributed by atoms with Crippen molar-refractivity contribution in [2.45, 2.75) is 33.4 Å². The van der Waals surface area contributed by atoms with Gasteiger partial charge in [0.15, 0.2) is 0 Å². The molecule has 1 aromatic heterocycles. The third-order valence-corrected chi connectivity index (χ3v) is 5.79. The van der Waals surface area contributed by atoms with Crippen molar-refractivity contribution in [3.63, 3.8) is 0 Å². The van der Waals surface area contributed by atoms with Crippen molar-refractivity contribution in [2.75, 3.05) is 26.3 Å². The minimum atomic E-state index is -0.477. The zero-order chi connectivity index (χ0) is 27.3. The van der Waals surface area contributed by atoms with Gasteiger partial charge in [-0.25, -0.2) is 0 Å². The largest absolute Gasteiger partial charge is 0.464 e. The van der Waals surface area contributed by atoms with Crippen LogP contribution in [0.4, 0.5) is 5.69 Å². The number of amides is 2. The second-order valence-corrected chi connectivity index (χ2v) is 8.74. The Labute approximate surface area is 222 Å². The van der Waals surface area contributed by atoms with E-state index < -0.39 is 4.92 Å². The Kier molecular flexibility index (Phi) is 10.8. The molecule has 0 aliphatic heterocycles. The summed E-state index contributed by atoms with van der Waals surface area (Å²) in [7, 11) is 0. The number of carbonyl (C=O) groups excluding carboxylic acids is 2. The first-order chi connectivity index (χ1) is 18.4. The fourth-order valence-electron chi connectivity index (χ4n) is 3.81. The number of carbonyl (C=O) groups is 2.